The first kappa shape index (κ1) is 30.2. The minimum absolute atomic E-state index is 0.541. The number of nitrogens with zero attached hydrogens (tertiary/aromatic N) is 4. The number of aromatic nitrogens is 4. The summed E-state index contributed by atoms with van der Waals surface area (Å²) in [5.41, 5.74) is 7.64. The highest BCUT2D eigenvalue weighted by Gasteiger charge is 2.15. The van der Waals surface area contributed by atoms with Gasteiger partial charge in [0, 0.05) is 16.7 Å². The second-order valence-corrected chi connectivity index (χ2v) is 10.6. The predicted octanol–water partition coefficient (Wildman–Crippen LogP) is 10.8. The van der Waals surface area contributed by atoms with Crippen LogP contribution < -0.4 is 0 Å². The van der Waals surface area contributed by atoms with E-state index < -0.39 is 0 Å². The summed E-state index contributed by atoms with van der Waals surface area (Å²) in [4.78, 5) is 0. The Morgan fingerprint density at radius 1 is 0.478 bits per heavy atom. The summed E-state index contributed by atoms with van der Waals surface area (Å²) in [7, 11) is 0. The Hall–Kier alpha value is -5.88. The molecule has 0 saturated carbocycles. The minimum Gasteiger partial charge on any atom is -0.423 e. The van der Waals surface area contributed by atoms with Crippen LogP contribution in [0.15, 0.2) is 143 Å². The number of benzene rings is 6. The van der Waals surface area contributed by atoms with E-state index >= 15 is 0 Å². The van der Waals surface area contributed by atoms with Crippen LogP contribution in [0, 0.1) is 13.8 Å². The third-order valence-electron chi connectivity index (χ3n) is 7.63. The third-order valence-corrected chi connectivity index (χ3v) is 7.63. The summed E-state index contributed by atoms with van der Waals surface area (Å²) in [5.74, 6) is 1.65. The van der Waals surface area contributed by atoms with Crippen molar-refractivity contribution in [2.24, 2.45) is 0 Å². The van der Waals surface area contributed by atoms with Gasteiger partial charge < -0.3 is 8.83 Å². The normalized spacial score (nSPS) is 10.6. The van der Waals surface area contributed by atoms with Gasteiger partial charge >= 0.3 is 0 Å². The number of aryl methyl sites for hydroxylation is 2. The maximum Gasteiger partial charge on any atom is 0.248 e. The van der Waals surface area contributed by atoms with Gasteiger partial charge in [-0.1, -0.05) is 129 Å². The Morgan fingerprint density at radius 3 is 1.65 bits per heavy atom. The second kappa shape index (κ2) is 13.8. The van der Waals surface area contributed by atoms with Gasteiger partial charge in [-0.25, -0.2) is 0 Å². The Morgan fingerprint density at radius 2 is 1.04 bits per heavy atom. The fraction of sp³-hybridized carbons (Fsp3) is 0.100. The molecule has 0 amide bonds. The molecule has 8 aromatic rings. The topological polar surface area (TPSA) is 77.8 Å². The summed E-state index contributed by atoms with van der Waals surface area (Å²) in [6.07, 6.45) is 1.34. The molecule has 0 unspecified atom stereocenters. The fourth-order valence-electron chi connectivity index (χ4n) is 5.46. The van der Waals surface area contributed by atoms with Crippen LogP contribution in [0.3, 0.4) is 0 Å². The van der Waals surface area contributed by atoms with Crippen molar-refractivity contribution in [3.05, 3.63) is 145 Å². The molecule has 0 aliphatic heterocycles. The Labute approximate surface area is 268 Å². The van der Waals surface area contributed by atoms with Crippen LogP contribution in [-0.2, 0) is 0 Å². The summed E-state index contributed by atoms with van der Waals surface area (Å²) in [6.45, 7) is 8.19. The highest BCUT2D eigenvalue weighted by Crippen LogP contribution is 2.32. The molecule has 6 aromatic carbocycles. The fourth-order valence-corrected chi connectivity index (χ4v) is 5.46. The SMILES string of the molecule is CC.Cc1cccc(-c2ccc(-c3nnc(-c4cccc5ccccc45)o3)c(C)c2)c1.c1ccc2c(-c3nnco3)cccc2c1. The van der Waals surface area contributed by atoms with Crippen molar-refractivity contribution in [3.8, 4) is 45.5 Å². The van der Waals surface area contributed by atoms with E-state index in [0.29, 0.717) is 17.7 Å². The van der Waals surface area contributed by atoms with Gasteiger partial charge in [0.05, 0.1) is 0 Å². The third kappa shape index (κ3) is 6.33. The standard InChI is InChI=1S/C26H20N2O.C12H8N2O.C2H6/c1-17-7-5-10-20(15-17)21-13-14-22(18(2)16-21)25-27-28-26(29-25)24-12-6-9-19-8-3-4-11-23(19)24;1-2-6-10-9(4-1)5-3-7-11(10)12-14-13-8-15-12;1-2/h3-16H,1-2H3;1-8H;1-2H3. The largest absolute Gasteiger partial charge is 0.423 e. The first-order chi connectivity index (χ1) is 22.6. The summed E-state index contributed by atoms with van der Waals surface area (Å²) < 4.78 is 11.3. The van der Waals surface area contributed by atoms with Crippen LogP contribution in [0.25, 0.3) is 67.0 Å². The van der Waals surface area contributed by atoms with E-state index in [1.54, 1.807) is 0 Å². The summed E-state index contributed by atoms with van der Waals surface area (Å²) in [5, 5.41) is 20.8. The molecule has 46 heavy (non-hydrogen) atoms. The summed E-state index contributed by atoms with van der Waals surface area (Å²) in [6, 6.07) is 43.4. The molecule has 2 aromatic heterocycles. The Bertz CT molecular complexity index is 2210. The molecular formula is C40H34N4O2. The van der Waals surface area contributed by atoms with E-state index in [4.69, 9.17) is 8.83 Å². The maximum atomic E-state index is 6.09. The van der Waals surface area contributed by atoms with Gasteiger partial charge in [0.2, 0.25) is 24.1 Å². The molecule has 6 heteroatoms. The quantitative estimate of drug-likeness (QED) is 0.199. The maximum absolute atomic E-state index is 6.09. The van der Waals surface area contributed by atoms with Crippen LogP contribution >= 0.6 is 0 Å². The zero-order chi connectivity index (χ0) is 31.9. The molecule has 8 rings (SSSR count). The molecule has 2 heterocycles. The lowest BCUT2D eigenvalue weighted by Gasteiger charge is -2.07. The molecule has 0 saturated heterocycles. The Balaban J connectivity index is 0.000000183. The van der Waals surface area contributed by atoms with Gasteiger partial charge in [0.25, 0.3) is 0 Å². The van der Waals surface area contributed by atoms with Gasteiger partial charge in [-0.3, -0.25) is 0 Å². The monoisotopic (exact) mass is 602 g/mol. The molecule has 0 N–H and O–H groups in total. The van der Waals surface area contributed by atoms with Gasteiger partial charge in [-0.15, -0.1) is 20.4 Å². The van der Waals surface area contributed by atoms with Crippen LogP contribution in [0.4, 0.5) is 0 Å². The number of hydrogen-bond donors (Lipinski definition) is 0. The molecule has 0 aliphatic rings. The average molecular weight is 603 g/mol. The van der Waals surface area contributed by atoms with Crippen LogP contribution in [0.2, 0.25) is 0 Å². The van der Waals surface area contributed by atoms with E-state index in [-0.39, 0.29) is 0 Å². The molecule has 0 aliphatic carbocycles. The molecule has 0 spiro atoms. The second-order valence-electron chi connectivity index (χ2n) is 10.6. The van der Waals surface area contributed by atoms with Crippen molar-refractivity contribution < 1.29 is 8.83 Å². The Kier molecular flexibility index (Phi) is 9.07. The zero-order valence-electron chi connectivity index (χ0n) is 26.3. The lowest BCUT2D eigenvalue weighted by molar-refractivity contribution is 0.569. The summed E-state index contributed by atoms with van der Waals surface area (Å²) >= 11 is 0. The molecule has 0 atom stereocenters. The molecule has 6 nitrogen and oxygen atoms in total. The zero-order valence-corrected chi connectivity index (χ0v) is 26.3. The molecular weight excluding hydrogens is 568 g/mol. The van der Waals surface area contributed by atoms with E-state index in [0.717, 1.165) is 38.4 Å². The van der Waals surface area contributed by atoms with Crippen molar-refractivity contribution in [2.45, 2.75) is 27.7 Å². The predicted molar refractivity (Wildman–Crippen MR) is 186 cm³/mol. The first-order valence-corrected chi connectivity index (χ1v) is 15.4. The molecule has 0 radical (unpaired) electrons. The first-order valence-electron chi connectivity index (χ1n) is 15.4. The van der Waals surface area contributed by atoms with E-state index in [2.05, 4.69) is 113 Å². The van der Waals surface area contributed by atoms with Gasteiger partial charge in [0.15, 0.2) is 0 Å². The van der Waals surface area contributed by atoms with Crippen molar-refractivity contribution >= 4 is 21.5 Å². The average Bonchev–Trinajstić information content (AvgIpc) is 3.83. The lowest BCUT2D eigenvalue weighted by atomic mass is 9.99. The number of fused-ring (bicyclic) bond motifs is 2. The number of rotatable bonds is 4. The minimum atomic E-state index is 0.541. The van der Waals surface area contributed by atoms with Crippen molar-refractivity contribution in [1.82, 2.24) is 20.4 Å². The van der Waals surface area contributed by atoms with Crippen LogP contribution in [0.1, 0.15) is 25.0 Å². The molecule has 0 fully saturated rings. The molecule has 0 bridgehead atoms. The highest BCUT2D eigenvalue weighted by atomic mass is 16.4. The van der Waals surface area contributed by atoms with E-state index in [9.17, 15) is 0 Å². The van der Waals surface area contributed by atoms with Crippen molar-refractivity contribution in [3.63, 3.8) is 0 Å². The molecule has 226 valence electrons. The lowest BCUT2D eigenvalue weighted by Crippen LogP contribution is -1.86. The highest BCUT2D eigenvalue weighted by molar-refractivity contribution is 5.95. The van der Waals surface area contributed by atoms with Crippen molar-refractivity contribution in [2.75, 3.05) is 0 Å². The van der Waals surface area contributed by atoms with E-state index in [1.165, 1.54) is 28.5 Å². The van der Waals surface area contributed by atoms with Gasteiger partial charge in [0.1, 0.15) is 0 Å². The van der Waals surface area contributed by atoms with Crippen LogP contribution in [-0.4, -0.2) is 20.4 Å². The van der Waals surface area contributed by atoms with Crippen LogP contribution in [0.5, 0.6) is 0 Å². The van der Waals surface area contributed by atoms with E-state index in [1.807, 2.05) is 62.4 Å². The van der Waals surface area contributed by atoms with Gasteiger partial charge in [-0.05, 0) is 70.3 Å². The number of hydrogen-bond acceptors (Lipinski definition) is 6. The smallest absolute Gasteiger partial charge is 0.248 e. The van der Waals surface area contributed by atoms with Gasteiger partial charge in [-0.2, -0.15) is 0 Å². The van der Waals surface area contributed by atoms with Crippen molar-refractivity contribution in [1.29, 1.82) is 0 Å².